The molecule has 0 saturated heterocycles. The molecule has 0 radical (unpaired) electrons. The molecule has 0 aliphatic heterocycles. The van der Waals surface area contributed by atoms with Crippen molar-refractivity contribution in [3.05, 3.63) is 124 Å². The first kappa shape index (κ1) is 35.4. The lowest BCUT2D eigenvalue weighted by Crippen LogP contribution is -2.54. The van der Waals surface area contributed by atoms with E-state index in [1.54, 1.807) is 12.1 Å². The molecule has 0 unspecified atom stereocenters. The van der Waals surface area contributed by atoms with Gasteiger partial charge in [-0.1, -0.05) is 23.7 Å². The number of nitrogens with one attached hydrogen (secondary N) is 3. The van der Waals surface area contributed by atoms with Crippen molar-refractivity contribution in [1.29, 1.82) is 0 Å². The Morgan fingerprint density at radius 3 is 1.61 bits per heavy atom. The fourth-order valence-corrected chi connectivity index (χ4v) is 4.26. The topological polar surface area (TPSA) is 196 Å². The van der Waals surface area contributed by atoms with Crippen LogP contribution in [0.4, 0.5) is 5.69 Å². The number of rotatable bonds is 12. The number of benzene rings is 4. The van der Waals surface area contributed by atoms with Crippen molar-refractivity contribution in [1.82, 2.24) is 10.9 Å². The van der Waals surface area contributed by atoms with Gasteiger partial charge in [0.05, 0.1) is 25.3 Å². The summed E-state index contributed by atoms with van der Waals surface area (Å²) in [4.78, 5) is 76.9. The molecule has 4 aromatic rings. The lowest BCUT2D eigenvalue weighted by molar-refractivity contribution is -0.159. The third kappa shape index (κ3) is 9.56. The Labute approximate surface area is 283 Å². The zero-order chi connectivity index (χ0) is 35.5. The van der Waals surface area contributed by atoms with Gasteiger partial charge in [0.15, 0.2) is 0 Å². The summed E-state index contributed by atoms with van der Waals surface area (Å²) < 4.78 is 20.5. The van der Waals surface area contributed by atoms with Crippen LogP contribution >= 0.6 is 11.6 Å². The van der Waals surface area contributed by atoms with Crippen molar-refractivity contribution in [3.63, 3.8) is 0 Å². The van der Waals surface area contributed by atoms with Gasteiger partial charge in [-0.15, -0.1) is 0 Å². The normalized spacial score (nSPS) is 11.6. The van der Waals surface area contributed by atoms with Crippen molar-refractivity contribution in [2.45, 2.75) is 12.2 Å². The van der Waals surface area contributed by atoms with Crippen LogP contribution in [0.25, 0.3) is 0 Å². The van der Waals surface area contributed by atoms with Crippen molar-refractivity contribution in [2.75, 3.05) is 19.5 Å². The number of halogens is 1. The molecule has 0 aliphatic carbocycles. The first-order valence-corrected chi connectivity index (χ1v) is 14.6. The number of carboxylic acids is 1. The van der Waals surface area contributed by atoms with Crippen LogP contribution in [-0.4, -0.2) is 67.2 Å². The van der Waals surface area contributed by atoms with E-state index < -0.39 is 47.8 Å². The fourth-order valence-electron chi connectivity index (χ4n) is 4.13. The predicted octanol–water partition coefficient (Wildman–Crippen LogP) is 3.91. The Morgan fingerprint density at radius 2 is 1.10 bits per heavy atom. The molecule has 252 valence electrons. The average Bonchev–Trinajstić information content (AvgIpc) is 3.12. The molecule has 14 nitrogen and oxygen atoms in total. The van der Waals surface area contributed by atoms with Crippen LogP contribution in [0.2, 0.25) is 5.02 Å². The van der Waals surface area contributed by atoms with Gasteiger partial charge in [0.1, 0.15) is 11.5 Å². The maximum absolute atomic E-state index is 13.3. The highest BCUT2D eigenvalue weighted by atomic mass is 35.5. The molecule has 0 bridgehead atoms. The first-order valence-electron chi connectivity index (χ1n) is 14.2. The summed E-state index contributed by atoms with van der Waals surface area (Å²) >= 11 is 5.85. The van der Waals surface area contributed by atoms with E-state index in [0.29, 0.717) is 16.3 Å². The zero-order valence-corrected chi connectivity index (χ0v) is 26.6. The van der Waals surface area contributed by atoms with Gasteiger partial charge in [0, 0.05) is 21.8 Å². The number of ether oxygens (including phenoxy) is 4. The highest BCUT2D eigenvalue weighted by Crippen LogP contribution is 2.19. The van der Waals surface area contributed by atoms with Crippen molar-refractivity contribution in [2.24, 2.45) is 0 Å². The van der Waals surface area contributed by atoms with E-state index in [1.807, 2.05) is 5.43 Å². The van der Waals surface area contributed by atoms with Crippen LogP contribution in [0.15, 0.2) is 97.1 Å². The summed E-state index contributed by atoms with van der Waals surface area (Å²) in [6, 6.07) is 22.9. The Kier molecular flexibility index (Phi) is 11.9. The van der Waals surface area contributed by atoms with Crippen LogP contribution in [0, 0.1) is 0 Å². The summed E-state index contributed by atoms with van der Waals surface area (Å²) in [7, 11) is 2.71. The lowest BCUT2D eigenvalue weighted by atomic mass is 10.1. The summed E-state index contributed by atoms with van der Waals surface area (Å²) in [6.45, 7) is 0. The second kappa shape index (κ2) is 16.4. The van der Waals surface area contributed by atoms with E-state index in [2.05, 4.69) is 10.7 Å². The van der Waals surface area contributed by atoms with E-state index in [9.17, 15) is 33.9 Å². The molecule has 0 aromatic heterocycles. The number of aliphatic carboxylic acids is 1. The number of hydrogen-bond acceptors (Lipinski definition) is 10. The van der Waals surface area contributed by atoms with Gasteiger partial charge >= 0.3 is 17.9 Å². The molecule has 0 spiro atoms. The molecule has 4 aromatic carbocycles. The largest absolute Gasteiger partial charge is 0.497 e. The minimum Gasteiger partial charge on any atom is -0.497 e. The van der Waals surface area contributed by atoms with Crippen molar-refractivity contribution in [3.8, 4) is 11.5 Å². The molecule has 3 amide bonds. The summed E-state index contributed by atoms with van der Waals surface area (Å²) in [5.41, 5.74) is 4.59. The van der Waals surface area contributed by atoms with Gasteiger partial charge in [-0.3, -0.25) is 25.2 Å². The van der Waals surface area contributed by atoms with E-state index in [-0.39, 0.29) is 28.2 Å². The lowest BCUT2D eigenvalue weighted by Gasteiger charge is -2.23. The molecule has 0 fully saturated rings. The molecule has 15 heteroatoms. The smallest absolute Gasteiger partial charge is 0.349 e. The first-order chi connectivity index (χ1) is 23.5. The second-order valence-corrected chi connectivity index (χ2v) is 10.4. The Morgan fingerprint density at radius 1 is 0.612 bits per heavy atom. The SMILES string of the molecule is COc1cccc(C(=O)O[C@@H](C(=O)O)[C@@H](OC(=O)c2cccc(OC)c2)C(=O)NNC(=O)c2ccc(NC(=O)c3ccc(Cl)cc3)cc2)c1. The Balaban J connectivity index is 1.49. The molecular formula is C34H28ClN3O11. The minimum absolute atomic E-state index is 0.0222. The monoisotopic (exact) mass is 689 g/mol. The molecule has 0 saturated carbocycles. The van der Waals surface area contributed by atoms with Crippen molar-refractivity contribution < 1.29 is 52.8 Å². The second-order valence-electron chi connectivity index (χ2n) is 9.94. The Hall–Kier alpha value is -6.41. The number of carboxylic acid groups (broad SMARTS) is 1. The maximum atomic E-state index is 13.3. The number of amides is 3. The van der Waals surface area contributed by atoms with Crippen LogP contribution in [0.1, 0.15) is 41.4 Å². The van der Waals surface area contributed by atoms with Gasteiger partial charge in [0.2, 0.25) is 12.2 Å². The number of esters is 2. The van der Waals surface area contributed by atoms with E-state index in [0.717, 1.165) is 0 Å². The minimum atomic E-state index is -2.37. The maximum Gasteiger partial charge on any atom is 0.349 e. The van der Waals surface area contributed by atoms with Gasteiger partial charge in [-0.2, -0.15) is 0 Å². The third-order valence-corrected chi connectivity index (χ3v) is 6.92. The van der Waals surface area contributed by atoms with Crippen LogP contribution in [-0.2, 0) is 19.1 Å². The quantitative estimate of drug-likeness (QED) is 0.124. The van der Waals surface area contributed by atoms with Gasteiger partial charge in [-0.05, 0) is 84.9 Å². The number of carbonyl (C=O) groups is 6. The highest BCUT2D eigenvalue weighted by molar-refractivity contribution is 6.30. The summed E-state index contributed by atoms with van der Waals surface area (Å²) in [6.07, 6.45) is -4.66. The molecule has 4 N–H and O–H groups in total. The standard InChI is InChI=1S/C34H28ClN3O11/c1-46-25-7-3-5-21(17-25)33(44)48-27(28(32(42)43)49-34(45)22-6-4-8-26(18-22)47-2)31(41)38-37-30(40)20-11-15-24(16-12-20)36-29(39)19-9-13-23(35)14-10-19/h3-18,27-28H,1-2H3,(H,36,39)(H,37,40)(H,38,41)(H,42,43)/t27-,28-/m1/s1. The van der Waals surface area contributed by atoms with Crippen molar-refractivity contribution >= 4 is 52.9 Å². The summed E-state index contributed by atoms with van der Waals surface area (Å²) in [5, 5.41) is 13.1. The molecule has 2 atom stereocenters. The van der Waals surface area contributed by atoms with Gasteiger partial charge < -0.3 is 29.4 Å². The van der Waals surface area contributed by atoms with E-state index in [4.69, 9.17) is 30.5 Å². The van der Waals surface area contributed by atoms with Gasteiger partial charge in [-0.25, -0.2) is 14.4 Å². The molecule has 0 aliphatic rings. The number of hydrazine groups is 1. The molecular weight excluding hydrogens is 662 g/mol. The zero-order valence-electron chi connectivity index (χ0n) is 25.8. The van der Waals surface area contributed by atoms with Crippen LogP contribution < -0.4 is 25.6 Å². The Bertz CT molecular complexity index is 1860. The summed E-state index contributed by atoms with van der Waals surface area (Å²) in [5.74, 6) is -6.27. The number of anilines is 1. The predicted molar refractivity (Wildman–Crippen MR) is 173 cm³/mol. The third-order valence-electron chi connectivity index (χ3n) is 6.67. The molecule has 49 heavy (non-hydrogen) atoms. The highest BCUT2D eigenvalue weighted by Gasteiger charge is 2.41. The van der Waals surface area contributed by atoms with Crippen LogP contribution in [0.3, 0.4) is 0 Å². The van der Waals surface area contributed by atoms with Crippen LogP contribution in [0.5, 0.6) is 11.5 Å². The number of methoxy groups -OCH3 is 2. The van der Waals surface area contributed by atoms with E-state index in [1.165, 1.54) is 99.1 Å². The molecule has 4 rings (SSSR count). The number of hydrogen-bond donors (Lipinski definition) is 4. The number of carbonyl (C=O) groups excluding carboxylic acids is 5. The van der Waals surface area contributed by atoms with E-state index >= 15 is 0 Å². The molecule has 0 heterocycles. The average molecular weight is 690 g/mol. The fraction of sp³-hybridized carbons (Fsp3) is 0.118. The van der Waals surface area contributed by atoms with Gasteiger partial charge in [0.25, 0.3) is 17.7 Å².